The Labute approximate surface area is 134 Å². The number of carbonyl (C=O) groups is 2. The highest BCUT2D eigenvalue weighted by molar-refractivity contribution is 5.81. The lowest BCUT2D eigenvalue weighted by Gasteiger charge is -2.07. The minimum absolute atomic E-state index is 0.0566. The molecule has 120 valence electrons. The molecule has 0 aliphatic heterocycles. The summed E-state index contributed by atoms with van der Waals surface area (Å²) >= 11 is 0. The lowest BCUT2D eigenvalue weighted by atomic mass is 10.1. The van der Waals surface area contributed by atoms with E-state index in [2.05, 4.69) is 5.32 Å². The van der Waals surface area contributed by atoms with Crippen LogP contribution in [0.5, 0.6) is 0 Å². The van der Waals surface area contributed by atoms with E-state index in [0.717, 1.165) is 11.1 Å². The molecule has 0 bridgehead atoms. The minimum atomic E-state index is -0.477. The summed E-state index contributed by atoms with van der Waals surface area (Å²) in [6.45, 7) is 1.64. The van der Waals surface area contributed by atoms with Crippen molar-refractivity contribution in [2.24, 2.45) is 0 Å². The van der Waals surface area contributed by atoms with E-state index >= 15 is 0 Å². The van der Waals surface area contributed by atoms with E-state index < -0.39 is 11.9 Å². The molecule has 0 atom stereocenters. The van der Waals surface area contributed by atoms with Crippen molar-refractivity contribution in [3.05, 3.63) is 71.0 Å². The summed E-state index contributed by atoms with van der Waals surface area (Å²) in [6.07, 6.45) is 0.112. The van der Waals surface area contributed by atoms with Crippen molar-refractivity contribution in [3.63, 3.8) is 0 Å². The summed E-state index contributed by atoms with van der Waals surface area (Å²) in [5.74, 6) is -1.33. The van der Waals surface area contributed by atoms with Gasteiger partial charge in [0.2, 0.25) is 0 Å². The van der Waals surface area contributed by atoms with Crippen LogP contribution in [0.4, 0.5) is 4.39 Å². The standard InChI is InChI=1S/C18H18FNO3/c1-13-6-8-14(9-7-13)10-18(22)23-12-17(21)20-11-15-4-2-3-5-16(15)19/h2-9H,10-12H2,1H3,(H,20,21). The molecule has 0 aromatic heterocycles. The minimum Gasteiger partial charge on any atom is -0.455 e. The first-order valence-corrected chi connectivity index (χ1v) is 7.26. The van der Waals surface area contributed by atoms with Gasteiger partial charge in [0.25, 0.3) is 5.91 Å². The monoisotopic (exact) mass is 315 g/mol. The largest absolute Gasteiger partial charge is 0.455 e. The van der Waals surface area contributed by atoms with Gasteiger partial charge in [0.15, 0.2) is 6.61 Å². The van der Waals surface area contributed by atoms with Crippen LogP contribution in [-0.2, 0) is 27.3 Å². The molecule has 0 fully saturated rings. The molecule has 0 aliphatic carbocycles. The number of halogens is 1. The van der Waals surface area contributed by atoms with Crippen molar-refractivity contribution in [2.45, 2.75) is 19.9 Å². The van der Waals surface area contributed by atoms with E-state index in [1.807, 2.05) is 31.2 Å². The molecule has 0 spiro atoms. The Morgan fingerprint density at radius 1 is 1.09 bits per heavy atom. The molecule has 5 heteroatoms. The van der Waals surface area contributed by atoms with Gasteiger partial charge in [-0.15, -0.1) is 0 Å². The average molecular weight is 315 g/mol. The smallest absolute Gasteiger partial charge is 0.310 e. The second kappa shape index (κ2) is 8.08. The van der Waals surface area contributed by atoms with Gasteiger partial charge in [-0.2, -0.15) is 0 Å². The van der Waals surface area contributed by atoms with Crippen molar-refractivity contribution in [3.8, 4) is 0 Å². The summed E-state index contributed by atoms with van der Waals surface area (Å²) in [5, 5.41) is 2.51. The first-order chi connectivity index (χ1) is 11.0. The zero-order chi connectivity index (χ0) is 16.7. The van der Waals surface area contributed by atoms with Crippen molar-refractivity contribution in [1.29, 1.82) is 0 Å². The zero-order valence-electron chi connectivity index (χ0n) is 12.8. The van der Waals surface area contributed by atoms with Gasteiger partial charge in [0.1, 0.15) is 5.82 Å². The summed E-state index contributed by atoms with van der Waals surface area (Å²) in [4.78, 5) is 23.3. The number of ether oxygens (including phenoxy) is 1. The summed E-state index contributed by atoms with van der Waals surface area (Å²) in [6, 6.07) is 13.7. The lowest BCUT2D eigenvalue weighted by Crippen LogP contribution is -2.29. The number of carbonyl (C=O) groups excluding carboxylic acids is 2. The van der Waals surface area contributed by atoms with Crippen LogP contribution in [0.3, 0.4) is 0 Å². The number of benzene rings is 2. The van der Waals surface area contributed by atoms with Crippen LogP contribution in [0, 0.1) is 12.7 Å². The zero-order valence-corrected chi connectivity index (χ0v) is 12.8. The molecule has 0 radical (unpaired) electrons. The van der Waals surface area contributed by atoms with Crippen LogP contribution < -0.4 is 5.32 Å². The average Bonchev–Trinajstić information content (AvgIpc) is 2.54. The van der Waals surface area contributed by atoms with Gasteiger partial charge in [-0.1, -0.05) is 48.0 Å². The third-order valence-electron chi connectivity index (χ3n) is 3.27. The highest BCUT2D eigenvalue weighted by atomic mass is 19.1. The van der Waals surface area contributed by atoms with Crippen LogP contribution in [0.2, 0.25) is 0 Å². The Balaban J connectivity index is 1.72. The van der Waals surface area contributed by atoms with Gasteiger partial charge >= 0.3 is 5.97 Å². The van der Waals surface area contributed by atoms with Crippen LogP contribution in [0.25, 0.3) is 0 Å². The number of hydrogen-bond acceptors (Lipinski definition) is 3. The Morgan fingerprint density at radius 3 is 2.48 bits per heavy atom. The molecular weight excluding hydrogens is 297 g/mol. The van der Waals surface area contributed by atoms with E-state index in [1.54, 1.807) is 18.2 Å². The van der Waals surface area contributed by atoms with Crippen LogP contribution in [-0.4, -0.2) is 18.5 Å². The van der Waals surface area contributed by atoms with Gasteiger partial charge < -0.3 is 10.1 Å². The van der Waals surface area contributed by atoms with Gasteiger partial charge in [-0.05, 0) is 18.6 Å². The van der Waals surface area contributed by atoms with E-state index in [-0.39, 0.29) is 25.4 Å². The Kier molecular flexibility index (Phi) is 5.86. The molecule has 1 N–H and O–H groups in total. The van der Waals surface area contributed by atoms with Crippen molar-refractivity contribution >= 4 is 11.9 Å². The fourth-order valence-corrected chi connectivity index (χ4v) is 1.96. The molecule has 0 saturated carbocycles. The van der Waals surface area contributed by atoms with Crippen LogP contribution >= 0.6 is 0 Å². The molecule has 1 amide bonds. The molecule has 0 aliphatic rings. The normalized spacial score (nSPS) is 10.2. The second-order valence-electron chi connectivity index (χ2n) is 5.19. The number of nitrogens with one attached hydrogen (secondary N) is 1. The van der Waals surface area contributed by atoms with Gasteiger partial charge in [0.05, 0.1) is 6.42 Å². The molecule has 23 heavy (non-hydrogen) atoms. The molecule has 0 heterocycles. The summed E-state index contributed by atoms with van der Waals surface area (Å²) in [5.41, 5.74) is 2.31. The molecule has 2 aromatic rings. The molecule has 0 saturated heterocycles. The number of aryl methyl sites for hydroxylation is 1. The SMILES string of the molecule is Cc1ccc(CC(=O)OCC(=O)NCc2ccccc2F)cc1. The van der Waals surface area contributed by atoms with E-state index in [4.69, 9.17) is 4.74 Å². The lowest BCUT2D eigenvalue weighted by molar-refractivity contribution is -0.147. The number of rotatable bonds is 6. The Morgan fingerprint density at radius 2 is 1.78 bits per heavy atom. The highest BCUT2D eigenvalue weighted by Gasteiger charge is 2.09. The third kappa shape index (κ3) is 5.54. The molecular formula is C18H18FNO3. The fourth-order valence-electron chi connectivity index (χ4n) is 1.96. The predicted molar refractivity (Wildman–Crippen MR) is 84.1 cm³/mol. The van der Waals surface area contributed by atoms with Gasteiger partial charge in [-0.3, -0.25) is 9.59 Å². The topological polar surface area (TPSA) is 55.4 Å². The molecule has 2 aromatic carbocycles. The van der Waals surface area contributed by atoms with Crippen LogP contribution in [0.15, 0.2) is 48.5 Å². The highest BCUT2D eigenvalue weighted by Crippen LogP contribution is 2.06. The maximum absolute atomic E-state index is 13.4. The van der Waals surface area contributed by atoms with Crippen LogP contribution in [0.1, 0.15) is 16.7 Å². The number of amides is 1. The first-order valence-electron chi connectivity index (χ1n) is 7.26. The van der Waals surface area contributed by atoms with E-state index in [0.29, 0.717) is 5.56 Å². The van der Waals surface area contributed by atoms with Crippen molar-refractivity contribution < 1.29 is 18.7 Å². The molecule has 0 unspecified atom stereocenters. The van der Waals surface area contributed by atoms with Gasteiger partial charge in [-0.25, -0.2) is 4.39 Å². The van der Waals surface area contributed by atoms with Crippen molar-refractivity contribution in [1.82, 2.24) is 5.32 Å². The number of esters is 1. The molecule has 4 nitrogen and oxygen atoms in total. The quantitative estimate of drug-likeness (QED) is 0.834. The van der Waals surface area contributed by atoms with E-state index in [1.165, 1.54) is 6.07 Å². The summed E-state index contributed by atoms with van der Waals surface area (Å²) in [7, 11) is 0. The maximum atomic E-state index is 13.4. The predicted octanol–water partition coefficient (Wildman–Crippen LogP) is 2.54. The first kappa shape index (κ1) is 16.7. The number of hydrogen-bond donors (Lipinski definition) is 1. The molecule has 2 rings (SSSR count). The summed E-state index contributed by atoms with van der Waals surface area (Å²) < 4.78 is 18.3. The van der Waals surface area contributed by atoms with Gasteiger partial charge in [0, 0.05) is 12.1 Å². The second-order valence-corrected chi connectivity index (χ2v) is 5.19. The Bertz CT molecular complexity index is 683. The van der Waals surface area contributed by atoms with E-state index in [9.17, 15) is 14.0 Å². The third-order valence-corrected chi connectivity index (χ3v) is 3.27. The fraction of sp³-hybridized carbons (Fsp3) is 0.222. The Hall–Kier alpha value is -2.69. The van der Waals surface area contributed by atoms with Crippen molar-refractivity contribution in [2.75, 3.05) is 6.61 Å². The maximum Gasteiger partial charge on any atom is 0.310 e.